The van der Waals surface area contributed by atoms with Crippen LogP contribution in [0.25, 0.3) is 21.5 Å². The molecule has 0 bridgehead atoms. The van der Waals surface area contributed by atoms with Crippen LogP contribution in [0.15, 0.2) is 48.0 Å². The Balaban J connectivity index is 0.000000493. The summed E-state index contributed by atoms with van der Waals surface area (Å²) < 4.78 is 112. The van der Waals surface area contributed by atoms with Gasteiger partial charge in [0.1, 0.15) is 5.82 Å². The van der Waals surface area contributed by atoms with E-state index in [4.69, 9.17) is 9.90 Å². The molecule has 1 aliphatic heterocycles. The number of carboxylic acids is 1. The second kappa shape index (κ2) is 11.1. The third-order valence-corrected chi connectivity index (χ3v) is 6.80. The molecule has 1 fully saturated rings. The van der Waals surface area contributed by atoms with Crippen molar-refractivity contribution < 1.29 is 49.4 Å². The number of thiophene rings is 1. The number of halogens is 9. The van der Waals surface area contributed by atoms with Crippen molar-refractivity contribution in [3.8, 4) is 10.4 Å². The molecule has 0 amide bonds. The van der Waals surface area contributed by atoms with Crippen molar-refractivity contribution in [1.29, 1.82) is 0 Å². The Morgan fingerprint density at radius 1 is 0.902 bits per heavy atom. The number of anilines is 2. The van der Waals surface area contributed by atoms with E-state index >= 15 is 0 Å². The minimum absolute atomic E-state index is 0.131. The number of H-pyrrole nitrogens is 1. The number of pyridine rings is 1. The molecule has 1 aliphatic rings. The molecule has 1 saturated heterocycles. The molecule has 5 rings (SSSR count). The zero-order valence-corrected chi connectivity index (χ0v) is 21.2. The molecule has 2 N–H and O–H groups in total. The Morgan fingerprint density at radius 3 is 2.07 bits per heavy atom. The van der Waals surface area contributed by atoms with Crippen LogP contribution in [-0.2, 0) is 17.1 Å². The third kappa shape index (κ3) is 6.83. The van der Waals surface area contributed by atoms with Gasteiger partial charge in [0.25, 0.3) is 0 Å². The SMILES string of the molecule is FC(F)(F)c1cc(-c2cccs2)c2nc(N3CCN(c4ncccc4C(F)(F)F)CC3)[nH]c2c1.O=C(O)C(F)(F)F. The van der Waals surface area contributed by atoms with E-state index in [0.717, 1.165) is 18.2 Å². The van der Waals surface area contributed by atoms with Gasteiger partial charge in [-0.1, -0.05) is 6.07 Å². The van der Waals surface area contributed by atoms with E-state index in [-0.39, 0.29) is 24.4 Å². The number of fused-ring (bicyclic) bond motifs is 1. The number of benzene rings is 1. The number of rotatable bonds is 3. The lowest BCUT2D eigenvalue weighted by Crippen LogP contribution is -2.47. The van der Waals surface area contributed by atoms with Gasteiger partial charge in [0.15, 0.2) is 0 Å². The van der Waals surface area contributed by atoms with Crippen LogP contribution in [0.2, 0.25) is 0 Å². The number of piperazine rings is 1. The minimum atomic E-state index is -5.08. The van der Waals surface area contributed by atoms with E-state index in [1.54, 1.807) is 22.4 Å². The standard InChI is InChI=1S/C22H17F6N5S.C2HF3O2/c23-21(24,25)13-11-14(17-4-2-10-34-17)18-16(12-13)30-20(31-18)33-8-6-32(7-9-33)19-15(22(26,27)28)3-1-5-29-19;3-2(4,5)1(6)7/h1-5,10-12H,6-9H2,(H,30,31);(H,6,7). The Bertz CT molecular complexity index is 1510. The van der Waals surface area contributed by atoms with Crippen LogP contribution in [0, 0.1) is 0 Å². The number of hydrogen-bond donors (Lipinski definition) is 2. The molecule has 0 spiro atoms. The van der Waals surface area contributed by atoms with Gasteiger partial charge in [-0.2, -0.15) is 39.5 Å². The molecule has 4 heterocycles. The number of aromatic amines is 1. The van der Waals surface area contributed by atoms with Crippen LogP contribution in [0.3, 0.4) is 0 Å². The van der Waals surface area contributed by atoms with Crippen LogP contribution in [-0.4, -0.2) is 58.4 Å². The maximum absolute atomic E-state index is 13.5. The molecule has 0 saturated carbocycles. The first-order valence-corrected chi connectivity index (χ1v) is 12.4. The predicted molar refractivity (Wildman–Crippen MR) is 132 cm³/mol. The molecule has 0 aliphatic carbocycles. The fraction of sp³-hybridized carbons (Fsp3) is 0.292. The number of aliphatic carboxylic acids is 1. The lowest BCUT2D eigenvalue weighted by Gasteiger charge is -2.36. The van der Waals surface area contributed by atoms with Crippen LogP contribution < -0.4 is 9.80 Å². The minimum Gasteiger partial charge on any atom is -0.475 e. The van der Waals surface area contributed by atoms with Crippen LogP contribution in [0.4, 0.5) is 51.3 Å². The third-order valence-electron chi connectivity index (χ3n) is 5.90. The number of nitrogens with one attached hydrogen (secondary N) is 1. The zero-order valence-electron chi connectivity index (χ0n) is 20.4. The molecular formula is C24H18F9N5O2S. The number of aromatic nitrogens is 3. The second-order valence-electron chi connectivity index (χ2n) is 8.60. The first kappa shape index (κ1) is 30.0. The van der Waals surface area contributed by atoms with Gasteiger partial charge in [-0.25, -0.2) is 14.8 Å². The fourth-order valence-corrected chi connectivity index (χ4v) is 4.78. The number of imidazole rings is 1. The number of carbonyl (C=O) groups is 1. The van der Waals surface area contributed by atoms with Crippen molar-refractivity contribution in [3.63, 3.8) is 0 Å². The predicted octanol–water partition coefficient (Wildman–Crippen LogP) is 6.68. The largest absolute Gasteiger partial charge is 0.490 e. The molecule has 17 heteroatoms. The monoisotopic (exact) mass is 611 g/mol. The lowest BCUT2D eigenvalue weighted by atomic mass is 10.1. The highest BCUT2D eigenvalue weighted by Crippen LogP contribution is 2.39. The van der Waals surface area contributed by atoms with Crippen LogP contribution in [0.1, 0.15) is 11.1 Å². The van der Waals surface area contributed by atoms with Crippen molar-refractivity contribution in [3.05, 3.63) is 59.1 Å². The number of nitrogens with zero attached hydrogens (tertiary/aromatic N) is 4. The van der Waals surface area contributed by atoms with Crippen molar-refractivity contribution in [2.45, 2.75) is 18.5 Å². The normalized spacial score (nSPS) is 14.7. The maximum Gasteiger partial charge on any atom is 0.490 e. The highest BCUT2D eigenvalue weighted by Gasteiger charge is 2.38. The highest BCUT2D eigenvalue weighted by atomic mass is 32.1. The first-order chi connectivity index (χ1) is 19.1. The average molecular weight is 611 g/mol. The first-order valence-electron chi connectivity index (χ1n) is 11.5. The van der Waals surface area contributed by atoms with E-state index in [2.05, 4.69) is 15.0 Å². The quantitative estimate of drug-likeness (QED) is 0.252. The summed E-state index contributed by atoms with van der Waals surface area (Å²) in [5.74, 6) is -2.51. The highest BCUT2D eigenvalue weighted by molar-refractivity contribution is 7.13. The molecule has 0 radical (unpaired) electrons. The van der Waals surface area contributed by atoms with Gasteiger partial charge in [0.2, 0.25) is 5.95 Å². The van der Waals surface area contributed by atoms with Gasteiger partial charge in [0.05, 0.1) is 22.2 Å². The summed E-state index contributed by atoms with van der Waals surface area (Å²) in [7, 11) is 0. The van der Waals surface area contributed by atoms with Crippen molar-refractivity contribution >= 4 is 40.1 Å². The van der Waals surface area contributed by atoms with Crippen molar-refractivity contribution in [2.75, 3.05) is 36.0 Å². The van der Waals surface area contributed by atoms with Crippen LogP contribution in [0.5, 0.6) is 0 Å². The molecular weight excluding hydrogens is 593 g/mol. The maximum atomic E-state index is 13.5. The summed E-state index contributed by atoms with van der Waals surface area (Å²) in [6, 6.07) is 7.86. The van der Waals surface area contributed by atoms with E-state index in [0.29, 0.717) is 35.0 Å². The Hall–Kier alpha value is -4.02. The Kier molecular flexibility index (Phi) is 8.11. The molecule has 3 aromatic heterocycles. The molecule has 1 aromatic carbocycles. The smallest absolute Gasteiger partial charge is 0.475 e. The van der Waals surface area contributed by atoms with Gasteiger partial charge in [-0.15, -0.1) is 11.3 Å². The molecule has 220 valence electrons. The molecule has 0 atom stereocenters. The summed E-state index contributed by atoms with van der Waals surface area (Å²) in [6.07, 6.45) is -12.8. The average Bonchev–Trinajstić information content (AvgIpc) is 3.57. The van der Waals surface area contributed by atoms with Gasteiger partial charge >= 0.3 is 24.5 Å². The zero-order chi connectivity index (χ0) is 30.2. The van der Waals surface area contributed by atoms with E-state index < -0.39 is 35.6 Å². The molecule has 0 unspecified atom stereocenters. The summed E-state index contributed by atoms with van der Waals surface area (Å²) in [6.45, 7) is 1.16. The van der Waals surface area contributed by atoms with Gasteiger partial charge < -0.3 is 19.9 Å². The van der Waals surface area contributed by atoms with Gasteiger partial charge in [-0.3, -0.25) is 0 Å². The molecule has 4 aromatic rings. The van der Waals surface area contributed by atoms with Gasteiger partial charge in [-0.05, 0) is 35.7 Å². The number of carboxylic acid groups (broad SMARTS) is 1. The fourth-order valence-electron chi connectivity index (χ4n) is 4.04. The molecule has 7 nitrogen and oxygen atoms in total. The topological polar surface area (TPSA) is 85.4 Å². The molecule has 41 heavy (non-hydrogen) atoms. The second-order valence-corrected chi connectivity index (χ2v) is 9.55. The summed E-state index contributed by atoms with van der Waals surface area (Å²) in [5.41, 5.74) is -0.535. The summed E-state index contributed by atoms with van der Waals surface area (Å²) >= 11 is 1.32. The van der Waals surface area contributed by atoms with E-state index in [9.17, 15) is 39.5 Å². The Labute approximate surface area is 228 Å². The van der Waals surface area contributed by atoms with Gasteiger partial charge in [0, 0.05) is 42.8 Å². The lowest BCUT2D eigenvalue weighted by molar-refractivity contribution is -0.192. The Morgan fingerprint density at radius 2 is 1.54 bits per heavy atom. The van der Waals surface area contributed by atoms with E-state index in [1.807, 2.05) is 4.90 Å². The van der Waals surface area contributed by atoms with Crippen molar-refractivity contribution in [1.82, 2.24) is 15.0 Å². The number of alkyl halides is 9. The summed E-state index contributed by atoms with van der Waals surface area (Å²) in [4.78, 5) is 24.4. The number of hydrogen-bond acceptors (Lipinski definition) is 6. The summed E-state index contributed by atoms with van der Waals surface area (Å²) in [5, 5.41) is 8.90. The van der Waals surface area contributed by atoms with E-state index in [1.165, 1.54) is 23.6 Å². The van der Waals surface area contributed by atoms with Crippen molar-refractivity contribution in [2.24, 2.45) is 0 Å². The van der Waals surface area contributed by atoms with Crippen LogP contribution >= 0.6 is 11.3 Å².